The molecule has 0 bridgehead atoms. The molecule has 3 rings (SSSR count). The second-order valence-corrected chi connectivity index (χ2v) is 8.80. The molecule has 0 aromatic carbocycles. The van der Waals surface area contributed by atoms with Crippen LogP contribution in [-0.4, -0.2) is 79.7 Å². The van der Waals surface area contributed by atoms with Crippen molar-refractivity contribution in [2.45, 2.75) is 24.8 Å². The highest BCUT2D eigenvalue weighted by Crippen LogP contribution is 2.37. The highest BCUT2D eigenvalue weighted by Gasteiger charge is 2.26. The predicted molar refractivity (Wildman–Crippen MR) is 120 cm³/mol. The van der Waals surface area contributed by atoms with E-state index in [1.165, 1.54) is 11.3 Å². The summed E-state index contributed by atoms with van der Waals surface area (Å²) in [4.78, 5) is 48.7. The molecule has 0 aliphatic heterocycles. The lowest BCUT2D eigenvalue weighted by Gasteiger charge is -2.20. The number of carboxylic acids is 2. The van der Waals surface area contributed by atoms with Gasteiger partial charge in [-0.05, 0) is 38.2 Å². The first kappa shape index (κ1) is 23.9. The highest BCUT2D eigenvalue weighted by molar-refractivity contribution is 7.14. The number of hydrogen-bond donors (Lipinski definition) is 6. The molecule has 0 saturated heterocycles. The van der Waals surface area contributed by atoms with Gasteiger partial charge in [-0.15, -0.1) is 11.3 Å². The molecular formula is C20H24N6O6S. The number of carboxylic acid groups (broad SMARTS) is 2. The second-order valence-electron chi connectivity index (χ2n) is 7.69. The number of aromatic amines is 1. The van der Waals surface area contributed by atoms with Crippen LogP contribution >= 0.6 is 11.3 Å². The predicted octanol–water partition coefficient (Wildman–Crippen LogP) is 1.05. The first-order chi connectivity index (χ1) is 15.6. The Morgan fingerprint density at radius 1 is 1.24 bits per heavy atom. The van der Waals surface area contributed by atoms with Gasteiger partial charge in [-0.1, -0.05) is 0 Å². The SMILES string of the molecule is CN(C)CC(c1ccc(C(=O)N[C@@H](CCC(=O)O)C(=O)O)s1)c1c[nH]c2nc(N)nc(O)c12. The number of H-pyrrole nitrogens is 1. The number of amides is 1. The monoisotopic (exact) mass is 476 g/mol. The molecule has 0 fully saturated rings. The zero-order chi connectivity index (χ0) is 24.3. The zero-order valence-electron chi connectivity index (χ0n) is 17.9. The number of nitrogens with zero attached hydrogens (tertiary/aromatic N) is 3. The van der Waals surface area contributed by atoms with Gasteiger partial charge in [-0.2, -0.15) is 9.97 Å². The van der Waals surface area contributed by atoms with Gasteiger partial charge in [0.05, 0.1) is 10.3 Å². The number of rotatable bonds is 10. The van der Waals surface area contributed by atoms with Crippen molar-refractivity contribution in [3.63, 3.8) is 0 Å². The Kier molecular flexibility index (Phi) is 7.13. The van der Waals surface area contributed by atoms with E-state index in [1.54, 1.807) is 18.3 Å². The summed E-state index contributed by atoms with van der Waals surface area (Å²) < 4.78 is 0. The average molecular weight is 477 g/mol. The van der Waals surface area contributed by atoms with Gasteiger partial charge in [0.25, 0.3) is 5.91 Å². The van der Waals surface area contributed by atoms with E-state index in [1.807, 2.05) is 19.0 Å². The van der Waals surface area contributed by atoms with E-state index in [9.17, 15) is 24.6 Å². The third-order valence-corrected chi connectivity index (χ3v) is 6.13. The number of aromatic nitrogens is 3. The van der Waals surface area contributed by atoms with E-state index in [4.69, 9.17) is 10.8 Å². The minimum atomic E-state index is -1.31. The van der Waals surface area contributed by atoms with E-state index < -0.39 is 23.9 Å². The van der Waals surface area contributed by atoms with E-state index in [-0.39, 0.29) is 35.5 Å². The van der Waals surface area contributed by atoms with Crippen molar-refractivity contribution in [3.05, 3.63) is 33.6 Å². The second kappa shape index (κ2) is 9.83. The van der Waals surface area contributed by atoms with Gasteiger partial charge in [0, 0.05) is 30.0 Å². The fourth-order valence-corrected chi connectivity index (χ4v) is 4.47. The van der Waals surface area contributed by atoms with Gasteiger partial charge < -0.3 is 36.3 Å². The number of fused-ring (bicyclic) bond motifs is 1. The van der Waals surface area contributed by atoms with Crippen molar-refractivity contribution in [2.24, 2.45) is 0 Å². The minimum absolute atomic E-state index is 0.0662. The molecule has 2 atom stereocenters. The number of nitrogens with two attached hydrogens (primary N) is 1. The number of thiophene rings is 1. The van der Waals surface area contributed by atoms with Crippen LogP contribution in [0.3, 0.4) is 0 Å². The largest absolute Gasteiger partial charge is 0.493 e. The van der Waals surface area contributed by atoms with Crippen LogP contribution in [0, 0.1) is 0 Å². The molecule has 176 valence electrons. The molecule has 0 aliphatic carbocycles. The van der Waals surface area contributed by atoms with E-state index in [2.05, 4.69) is 20.3 Å². The number of carbonyl (C=O) groups is 3. The Labute approximate surface area is 192 Å². The molecule has 0 radical (unpaired) electrons. The molecular weight excluding hydrogens is 452 g/mol. The summed E-state index contributed by atoms with van der Waals surface area (Å²) in [5.41, 5.74) is 6.71. The third-order valence-electron chi connectivity index (χ3n) is 4.93. The quantitative estimate of drug-likeness (QED) is 0.246. The van der Waals surface area contributed by atoms with E-state index in [0.717, 1.165) is 10.4 Å². The van der Waals surface area contributed by atoms with E-state index in [0.29, 0.717) is 17.6 Å². The van der Waals surface area contributed by atoms with Crippen LogP contribution in [0.2, 0.25) is 0 Å². The van der Waals surface area contributed by atoms with Gasteiger partial charge in [0.2, 0.25) is 11.8 Å². The van der Waals surface area contributed by atoms with Crippen molar-refractivity contribution in [3.8, 4) is 5.88 Å². The summed E-state index contributed by atoms with van der Waals surface area (Å²) in [7, 11) is 3.77. The fraction of sp³-hybridized carbons (Fsp3) is 0.350. The first-order valence-corrected chi connectivity index (χ1v) is 10.7. The van der Waals surface area contributed by atoms with Gasteiger partial charge in [-0.3, -0.25) is 9.59 Å². The number of hydrogen-bond acceptors (Lipinski definition) is 9. The molecule has 3 aromatic heterocycles. The number of nitrogen functional groups attached to an aromatic ring is 1. The number of likely N-dealkylation sites (N-methyl/N-ethyl adjacent to an activating group) is 1. The Hall–Kier alpha value is -3.71. The van der Waals surface area contributed by atoms with Crippen LogP contribution < -0.4 is 11.1 Å². The van der Waals surface area contributed by atoms with Crippen LogP contribution in [0.25, 0.3) is 11.0 Å². The standard InChI is InChI=1S/C20H24N6O6S/c1-26(2)8-10(9-7-22-16-15(9)18(30)25-20(21)24-16)12-4-5-13(33-12)17(29)23-11(19(31)32)3-6-14(27)28/h4-5,7,10-11H,3,6,8H2,1-2H3,(H,23,29)(H,27,28)(H,31,32)(H4,21,22,24,25,30)/t10?,11-/m0/s1. The normalized spacial score (nSPS) is 13.2. The van der Waals surface area contributed by atoms with Crippen LogP contribution in [0.5, 0.6) is 5.88 Å². The summed E-state index contributed by atoms with van der Waals surface area (Å²) in [6.45, 7) is 0.536. The lowest BCUT2D eigenvalue weighted by Crippen LogP contribution is -2.40. The maximum atomic E-state index is 12.7. The number of nitrogens with one attached hydrogen (secondary N) is 2. The van der Waals surface area contributed by atoms with Crippen molar-refractivity contribution in [1.29, 1.82) is 0 Å². The van der Waals surface area contributed by atoms with Crippen molar-refractivity contribution >= 4 is 46.2 Å². The summed E-state index contributed by atoms with van der Waals surface area (Å²) in [6, 6.07) is 2.02. The van der Waals surface area contributed by atoms with Gasteiger partial charge in [0.1, 0.15) is 11.7 Å². The molecule has 3 aromatic rings. The maximum Gasteiger partial charge on any atom is 0.326 e. The molecule has 12 nitrogen and oxygen atoms in total. The maximum absolute atomic E-state index is 12.7. The topological polar surface area (TPSA) is 195 Å². The van der Waals surface area contributed by atoms with Gasteiger partial charge >= 0.3 is 11.9 Å². The number of anilines is 1. The molecule has 0 aliphatic rings. The van der Waals surface area contributed by atoms with Crippen LogP contribution in [0.4, 0.5) is 5.95 Å². The summed E-state index contributed by atoms with van der Waals surface area (Å²) >= 11 is 1.18. The van der Waals surface area contributed by atoms with Crippen LogP contribution in [0.1, 0.15) is 38.9 Å². The van der Waals surface area contributed by atoms with Gasteiger partial charge in [-0.25, -0.2) is 4.79 Å². The first-order valence-electron chi connectivity index (χ1n) is 9.90. The third kappa shape index (κ3) is 5.56. The Bertz CT molecular complexity index is 1190. The number of aliphatic carboxylic acids is 2. The molecule has 1 unspecified atom stereocenters. The Morgan fingerprint density at radius 3 is 2.61 bits per heavy atom. The fourth-order valence-electron chi connectivity index (χ4n) is 3.45. The number of carbonyl (C=O) groups excluding carboxylic acids is 1. The summed E-state index contributed by atoms with van der Waals surface area (Å²) in [5.74, 6) is -3.64. The molecule has 33 heavy (non-hydrogen) atoms. The summed E-state index contributed by atoms with van der Waals surface area (Å²) in [6.07, 6.45) is 1.10. The molecule has 3 heterocycles. The molecule has 0 spiro atoms. The Morgan fingerprint density at radius 2 is 1.97 bits per heavy atom. The molecule has 0 saturated carbocycles. The van der Waals surface area contributed by atoms with Crippen molar-refractivity contribution in [1.82, 2.24) is 25.2 Å². The lowest BCUT2D eigenvalue weighted by molar-refractivity contribution is -0.140. The van der Waals surface area contributed by atoms with Crippen molar-refractivity contribution < 1.29 is 29.7 Å². The minimum Gasteiger partial charge on any atom is -0.493 e. The average Bonchev–Trinajstić information content (AvgIpc) is 3.36. The highest BCUT2D eigenvalue weighted by atomic mass is 32.1. The van der Waals surface area contributed by atoms with Crippen molar-refractivity contribution in [2.75, 3.05) is 26.4 Å². The van der Waals surface area contributed by atoms with Crippen LogP contribution in [0.15, 0.2) is 18.3 Å². The Balaban J connectivity index is 1.90. The molecule has 1 amide bonds. The molecule has 13 heteroatoms. The zero-order valence-corrected chi connectivity index (χ0v) is 18.7. The number of aromatic hydroxyl groups is 1. The lowest BCUT2D eigenvalue weighted by atomic mass is 9.97. The van der Waals surface area contributed by atoms with Gasteiger partial charge in [0.15, 0.2) is 0 Å². The summed E-state index contributed by atoms with van der Waals surface area (Å²) in [5, 5.41) is 31.2. The van der Waals surface area contributed by atoms with Crippen LogP contribution in [-0.2, 0) is 9.59 Å². The molecule has 7 N–H and O–H groups in total. The smallest absolute Gasteiger partial charge is 0.326 e. The van der Waals surface area contributed by atoms with E-state index >= 15 is 0 Å².